The first-order valence-electron chi connectivity index (χ1n) is 6.11. The summed E-state index contributed by atoms with van der Waals surface area (Å²) in [5.41, 5.74) is 2.72. The minimum absolute atomic E-state index is 0.0289. The maximum Gasteiger partial charge on any atom is 0.193 e. The van der Waals surface area contributed by atoms with Crippen LogP contribution in [0.15, 0.2) is 58.2 Å². The van der Waals surface area contributed by atoms with E-state index in [0.29, 0.717) is 16.8 Å². The van der Waals surface area contributed by atoms with Gasteiger partial charge in [0.1, 0.15) is 7.11 Å². The molecule has 20 heavy (non-hydrogen) atoms. The van der Waals surface area contributed by atoms with Gasteiger partial charge in [0.15, 0.2) is 5.78 Å². The third-order valence-electron chi connectivity index (χ3n) is 2.90. The van der Waals surface area contributed by atoms with Crippen molar-refractivity contribution in [2.75, 3.05) is 7.11 Å². The van der Waals surface area contributed by atoms with Gasteiger partial charge in [-0.05, 0) is 31.2 Å². The Kier molecular flexibility index (Phi) is 4.69. The lowest BCUT2D eigenvalue weighted by Gasteiger charge is -2.08. The Morgan fingerprint density at radius 2 is 1.65 bits per heavy atom. The van der Waals surface area contributed by atoms with E-state index in [1.807, 2.05) is 37.3 Å². The molecule has 0 N–H and O–H groups in total. The van der Waals surface area contributed by atoms with Crippen molar-refractivity contribution in [2.24, 2.45) is 5.16 Å². The van der Waals surface area contributed by atoms with Gasteiger partial charge in [-0.1, -0.05) is 45.4 Å². The van der Waals surface area contributed by atoms with Crippen LogP contribution in [0.25, 0.3) is 0 Å². The van der Waals surface area contributed by atoms with Gasteiger partial charge in [-0.2, -0.15) is 0 Å². The molecule has 0 saturated carbocycles. The van der Waals surface area contributed by atoms with Crippen LogP contribution in [0.2, 0.25) is 0 Å². The van der Waals surface area contributed by atoms with E-state index < -0.39 is 0 Å². The molecule has 0 aromatic heterocycles. The fraction of sp³-hybridized carbons (Fsp3) is 0.125. The molecule has 0 saturated heterocycles. The average Bonchev–Trinajstić information content (AvgIpc) is 2.47. The first kappa shape index (κ1) is 14.5. The Morgan fingerprint density at radius 1 is 1.05 bits per heavy atom. The Labute approximate surface area is 126 Å². The summed E-state index contributed by atoms with van der Waals surface area (Å²) in [6, 6.07) is 14.7. The second-order valence-corrected chi connectivity index (χ2v) is 5.16. The van der Waals surface area contributed by atoms with Gasteiger partial charge in [-0.3, -0.25) is 4.79 Å². The average molecular weight is 332 g/mol. The molecule has 0 bridgehead atoms. The molecule has 3 nitrogen and oxygen atoms in total. The van der Waals surface area contributed by atoms with Gasteiger partial charge in [-0.15, -0.1) is 0 Å². The zero-order valence-electron chi connectivity index (χ0n) is 11.3. The summed E-state index contributed by atoms with van der Waals surface area (Å²) in [4.78, 5) is 17.4. The third-order valence-corrected chi connectivity index (χ3v) is 3.42. The van der Waals surface area contributed by atoms with Gasteiger partial charge < -0.3 is 4.84 Å². The molecule has 0 aliphatic carbocycles. The number of carbonyl (C=O) groups is 1. The zero-order chi connectivity index (χ0) is 14.5. The van der Waals surface area contributed by atoms with E-state index in [1.54, 1.807) is 18.2 Å². The number of halogens is 1. The van der Waals surface area contributed by atoms with Crippen LogP contribution in [-0.2, 0) is 4.84 Å². The Hall–Kier alpha value is -1.94. The smallest absolute Gasteiger partial charge is 0.193 e. The molecular formula is C16H14BrNO2. The van der Waals surface area contributed by atoms with E-state index in [0.717, 1.165) is 10.0 Å². The molecule has 0 fully saturated rings. The van der Waals surface area contributed by atoms with Gasteiger partial charge in [0.05, 0.1) is 5.71 Å². The molecule has 0 heterocycles. The highest BCUT2D eigenvalue weighted by Gasteiger charge is 2.14. The molecule has 2 rings (SSSR count). The number of carbonyl (C=O) groups excluding carboxylic acids is 1. The highest BCUT2D eigenvalue weighted by atomic mass is 79.9. The fourth-order valence-corrected chi connectivity index (χ4v) is 2.20. The standard InChI is InChI=1S/C16H14BrNO2/c1-11(18-20-2)14-5-3-4-6-15(14)16(19)12-7-9-13(17)10-8-12/h3-10H,1-2H3/b18-11+. The highest BCUT2D eigenvalue weighted by molar-refractivity contribution is 9.10. The predicted octanol–water partition coefficient (Wildman–Crippen LogP) is 4.05. The number of rotatable bonds is 4. The van der Waals surface area contributed by atoms with Crippen LogP contribution < -0.4 is 0 Å². The largest absolute Gasteiger partial charge is 0.399 e. The maximum atomic E-state index is 12.6. The molecule has 2 aromatic rings. The summed E-state index contributed by atoms with van der Waals surface area (Å²) in [6.45, 7) is 1.82. The first-order chi connectivity index (χ1) is 9.63. The van der Waals surface area contributed by atoms with E-state index in [1.165, 1.54) is 7.11 Å². The number of hydrogen-bond donors (Lipinski definition) is 0. The number of ketones is 1. The third kappa shape index (κ3) is 3.14. The molecule has 0 unspecified atom stereocenters. The van der Waals surface area contributed by atoms with Crippen molar-refractivity contribution in [1.29, 1.82) is 0 Å². The van der Waals surface area contributed by atoms with E-state index >= 15 is 0 Å². The number of benzene rings is 2. The Bertz CT molecular complexity index is 648. The number of nitrogens with zero attached hydrogens (tertiary/aromatic N) is 1. The zero-order valence-corrected chi connectivity index (χ0v) is 12.8. The van der Waals surface area contributed by atoms with Gasteiger partial charge in [0.25, 0.3) is 0 Å². The molecule has 0 spiro atoms. The normalized spacial score (nSPS) is 11.2. The second-order valence-electron chi connectivity index (χ2n) is 4.24. The van der Waals surface area contributed by atoms with E-state index in [-0.39, 0.29) is 5.78 Å². The first-order valence-corrected chi connectivity index (χ1v) is 6.90. The van der Waals surface area contributed by atoms with Crippen molar-refractivity contribution >= 4 is 27.4 Å². The molecule has 102 valence electrons. The molecule has 0 aliphatic heterocycles. The quantitative estimate of drug-likeness (QED) is 0.481. The SMILES string of the molecule is CO/N=C(\C)c1ccccc1C(=O)c1ccc(Br)cc1. The minimum Gasteiger partial charge on any atom is -0.399 e. The Balaban J connectivity index is 2.45. The molecule has 0 atom stereocenters. The van der Waals surface area contributed by atoms with Crippen LogP contribution in [0.5, 0.6) is 0 Å². The second kappa shape index (κ2) is 6.48. The van der Waals surface area contributed by atoms with Crippen LogP contribution in [0, 0.1) is 0 Å². The van der Waals surface area contributed by atoms with Crippen LogP contribution in [-0.4, -0.2) is 18.6 Å². The lowest BCUT2D eigenvalue weighted by molar-refractivity contribution is 0.103. The van der Waals surface area contributed by atoms with Crippen molar-refractivity contribution in [3.05, 3.63) is 69.7 Å². The molecule has 4 heteroatoms. The summed E-state index contributed by atoms with van der Waals surface area (Å²) in [5, 5.41) is 3.90. The van der Waals surface area contributed by atoms with Crippen molar-refractivity contribution in [1.82, 2.24) is 0 Å². The van der Waals surface area contributed by atoms with Crippen LogP contribution >= 0.6 is 15.9 Å². The number of oxime groups is 1. The van der Waals surface area contributed by atoms with Crippen molar-refractivity contribution in [3.8, 4) is 0 Å². The van der Waals surface area contributed by atoms with Gasteiger partial charge in [-0.25, -0.2) is 0 Å². The summed E-state index contributed by atoms with van der Waals surface area (Å²) in [7, 11) is 1.49. The van der Waals surface area contributed by atoms with E-state index in [2.05, 4.69) is 21.1 Å². The fourth-order valence-electron chi connectivity index (χ4n) is 1.94. The van der Waals surface area contributed by atoms with Crippen molar-refractivity contribution in [3.63, 3.8) is 0 Å². The monoisotopic (exact) mass is 331 g/mol. The summed E-state index contributed by atoms with van der Waals surface area (Å²) in [5.74, 6) is -0.0289. The van der Waals surface area contributed by atoms with E-state index in [4.69, 9.17) is 4.84 Å². The topological polar surface area (TPSA) is 38.7 Å². The summed E-state index contributed by atoms with van der Waals surface area (Å²) >= 11 is 3.36. The van der Waals surface area contributed by atoms with E-state index in [9.17, 15) is 4.79 Å². The van der Waals surface area contributed by atoms with Crippen molar-refractivity contribution in [2.45, 2.75) is 6.92 Å². The van der Waals surface area contributed by atoms with Gasteiger partial charge in [0, 0.05) is 21.2 Å². The lowest BCUT2D eigenvalue weighted by Crippen LogP contribution is -2.09. The lowest BCUT2D eigenvalue weighted by atomic mass is 9.96. The van der Waals surface area contributed by atoms with Gasteiger partial charge >= 0.3 is 0 Å². The molecular weight excluding hydrogens is 318 g/mol. The van der Waals surface area contributed by atoms with Crippen molar-refractivity contribution < 1.29 is 9.63 Å². The summed E-state index contributed by atoms with van der Waals surface area (Å²) in [6.07, 6.45) is 0. The van der Waals surface area contributed by atoms with Crippen LogP contribution in [0.4, 0.5) is 0 Å². The Morgan fingerprint density at radius 3 is 2.25 bits per heavy atom. The predicted molar refractivity (Wildman–Crippen MR) is 83.2 cm³/mol. The minimum atomic E-state index is -0.0289. The highest BCUT2D eigenvalue weighted by Crippen LogP contribution is 2.18. The number of hydrogen-bond acceptors (Lipinski definition) is 3. The molecule has 0 radical (unpaired) electrons. The molecule has 0 aliphatic rings. The maximum absolute atomic E-state index is 12.6. The van der Waals surface area contributed by atoms with Gasteiger partial charge in [0.2, 0.25) is 0 Å². The van der Waals surface area contributed by atoms with Crippen LogP contribution in [0.3, 0.4) is 0 Å². The summed E-state index contributed by atoms with van der Waals surface area (Å²) < 4.78 is 0.944. The molecule has 0 amide bonds. The molecule has 2 aromatic carbocycles. The van der Waals surface area contributed by atoms with Crippen LogP contribution in [0.1, 0.15) is 28.4 Å².